The molecule has 0 bridgehead atoms. The average molecular weight is 391 g/mol. The van der Waals surface area contributed by atoms with Crippen LogP contribution in [0.25, 0.3) is 6.08 Å². The second kappa shape index (κ2) is 9.25. The van der Waals surface area contributed by atoms with Crippen molar-refractivity contribution in [2.45, 2.75) is 19.9 Å². The minimum atomic E-state index is -0.175. The highest BCUT2D eigenvalue weighted by atomic mass is 35.5. The smallest absolute Gasteiger partial charge is 0.248 e. The Kier molecular flexibility index (Phi) is 6.51. The van der Waals surface area contributed by atoms with Crippen LogP contribution in [-0.2, 0) is 4.79 Å². The summed E-state index contributed by atoms with van der Waals surface area (Å²) in [5.74, 6) is -0.175. The van der Waals surface area contributed by atoms with Gasteiger partial charge in [-0.3, -0.25) is 4.79 Å². The zero-order valence-electron chi connectivity index (χ0n) is 16.0. The number of para-hydroxylation sites is 1. The summed E-state index contributed by atoms with van der Waals surface area (Å²) in [7, 11) is 0. The molecule has 0 spiro atoms. The fraction of sp³-hybridized carbons (Fsp3) is 0.125. The molecule has 1 N–H and O–H groups in total. The molecule has 3 rings (SSSR count). The van der Waals surface area contributed by atoms with E-state index in [2.05, 4.69) is 36.2 Å². The fourth-order valence-corrected chi connectivity index (χ4v) is 3.10. The zero-order valence-corrected chi connectivity index (χ0v) is 16.7. The Morgan fingerprint density at radius 2 is 1.50 bits per heavy atom. The van der Waals surface area contributed by atoms with Crippen LogP contribution in [0.3, 0.4) is 0 Å². The van der Waals surface area contributed by atoms with Gasteiger partial charge >= 0.3 is 0 Å². The van der Waals surface area contributed by atoms with Gasteiger partial charge in [0.1, 0.15) is 0 Å². The highest BCUT2D eigenvalue weighted by Crippen LogP contribution is 2.28. The molecule has 1 amide bonds. The third kappa shape index (κ3) is 5.24. The van der Waals surface area contributed by atoms with Gasteiger partial charge in [-0.15, -0.1) is 0 Å². The molecule has 3 aromatic rings. The minimum absolute atomic E-state index is 0.175. The summed E-state index contributed by atoms with van der Waals surface area (Å²) in [4.78, 5) is 14.4. The van der Waals surface area contributed by atoms with Crippen LogP contribution >= 0.6 is 11.6 Å². The van der Waals surface area contributed by atoms with Crippen molar-refractivity contribution in [3.05, 3.63) is 95.5 Å². The van der Waals surface area contributed by atoms with Crippen molar-refractivity contribution in [3.63, 3.8) is 0 Å². The van der Waals surface area contributed by atoms with E-state index in [0.717, 1.165) is 22.6 Å². The predicted octanol–water partition coefficient (Wildman–Crippen LogP) is 6.54. The van der Waals surface area contributed by atoms with Gasteiger partial charge < -0.3 is 10.2 Å². The van der Waals surface area contributed by atoms with Crippen LogP contribution in [0.5, 0.6) is 0 Å². The van der Waals surface area contributed by atoms with Gasteiger partial charge in [0.2, 0.25) is 5.91 Å². The number of halogens is 1. The molecule has 0 fully saturated rings. The van der Waals surface area contributed by atoms with Crippen LogP contribution in [0.1, 0.15) is 19.4 Å². The SMILES string of the molecule is CC(C)N(c1ccccc1)c1ccc(NC(=O)C=Cc2ccc(Cl)cc2)cc1. The Bertz CT molecular complexity index is 933. The Labute approximate surface area is 171 Å². The monoisotopic (exact) mass is 390 g/mol. The number of carbonyl (C=O) groups is 1. The van der Waals surface area contributed by atoms with Gasteiger partial charge in [0.05, 0.1) is 0 Å². The van der Waals surface area contributed by atoms with Crippen LogP contribution in [0.15, 0.2) is 84.9 Å². The molecular formula is C24H23ClN2O. The van der Waals surface area contributed by atoms with Crippen LogP contribution < -0.4 is 10.2 Å². The van der Waals surface area contributed by atoms with Crippen molar-refractivity contribution in [3.8, 4) is 0 Å². The van der Waals surface area contributed by atoms with E-state index in [1.165, 1.54) is 6.08 Å². The topological polar surface area (TPSA) is 32.3 Å². The van der Waals surface area contributed by atoms with Gasteiger partial charge in [0.25, 0.3) is 0 Å². The normalized spacial score (nSPS) is 11.0. The highest BCUT2D eigenvalue weighted by molar-refractivity contribution is 6.30. The van der Waals surface area contributed by atoms with Crippen molar-refractivity contribution in [1.29, 1.82) is 0 Å². The number of amides is 1. The first-order valence-electron chi connectivity index (χ1n) is 9.22. The van der Waals surface area contributed by atoms with Crippen LogP contribution in [0.2, 0.25) is 5.02 Å². The molecule has 3 aromatic carbocycles. The summed E-state index contributed by atoms with van der Waals surface area (Å²) >= 11 is 5.87. The maximum atomic E-state index is 12.2. The predicted molar refractivity (Wildman–Crippen MR) is 119 cm³/mol. The molecule has 0 aliphatic carbocycles. The molecule has 0 aliphatic heterocycles. The van der Waals surface area contributed by atoms with Gasteiger partial charge in [0.15, 0.2) is 0 Å². The van der Waals surface area contributed by atoms with E-state index < -0.39 is 0 Å². The molecule has 0 radical (unpaired) electrons. The second-order valence-electron chi connectivity index (χ2n) is 6.72. The van der Waals surface area contributed by atoms with E-state index in [1.807, 2.05) is 54.6 Å². The lowest BCUT2D eigenvalue weighted by atomic mass is 10.1. The van der Waals surface area contributed by atoms with Crippen LogP contribution in [-0.4, -0.2) is 11.9 Å². The molecule has 0 heterocycles. The van der Waals surface area contributed by atoms with Gasteiger partial charge in [-0.2, -0.15) is 0 Å². The van der Waals surface area contributed by atoms with Gasteiger partial charge in [0, 0.05) is 34.2 Å². The lowest BCUT2D eigenvalue weighted by molar-refractivity contribution is -0.111. The summed E-state index contributed by atoms with van der Waals surface area (Å²) in [5, 5.41) is 3.56. The molecule has 3 nitrogen and oxygen atoms in total. The number of hydrogen-bond acceptors (Lipinski definition) is 2. The van der Waals surface area contributed by atoms with Crippen molar-refractivity contribution in [1.82, 2.24) is 0 Å². The Morgan fingerprint density at radius 1 is 0.893 bits per heavy atom. The second-order valence-corrected chi connectivity index (χ2v) is 7.16. The number of carbonyl (C=O) groups excluding carboxylic acids is 1. The molecule has 0 aliphatic rings. The van der Waals surface area contributed by atoms with Crippen LogP contribution in [0.4, 0.5) is 17.1 Å². The van der Waals surface area contributed by atoms with Gasteiger partial charge in [-0.1, -0.05) is 41.9 Å². The number of rotatable bonds is 6. The quantitative estimate of drug-likeness (QED) is 0.484. The first-order chi connectivity index (χ1) is 13.5. The van der Waals surface area contributed by atoms with Gasteiger partial charge in [-0.05, 0) is 74.0 Å². The average Bonchev–Trinajstić information content (AvgIpc) is 2.70. The van der Waals surface area contributed by atoms with Crippen molar-refractivity contribution >= 4 is 40.6 Å². The van der Waals surface area contributed by atoms with E-state index >= 15 is 0 Å². The van der Waals surface area contributed by atoms with E-state index in [9.17, 15) is 4.79 Å². The summed E-state index contributed by atoms with van der Waals surface area (Å²) in [5.41, 5.74) is 3.90. The number of hydrogen-bond donors (Lipinski definition) is 1. The minimum Gasteiger partial charge on any atom is -0.339 e. The van der Waals surface area contributed by atoms with Gasteiger partial charge in [-0.25, -0.2) is 0 Å². The molecule has 0 aromatic heterocycles. The number of nitrogens with one attached hydrogen (secondary N) is 1. The van der Waals surface area contributed by atoms with E-state index in [0.29, 0.717) is 11.1 Å². The number of nitrogens with zero attached hydrogens (tertiary/aromatic N) is 1. The molecular weight excluding hydrogens is 368 g/mol. The fourth-order valence-electron chi connectivity index (χ4n) is 2.97. The molecule has 0 saturated carbocycles. The molecule has 0 saturated heterocycles. The van der Waals surface area contributed by atoms with Crippen LogP contribution in [0, 0.1) is 0 Å². The maximum absolute atomic E-state index is 12.2. The first kappa shape index (κ1) is 19.7. The molecule has 4 heteroatoms. The van der Waals surface area contributed by atoms with E-state index in [1.54, 1.807) is 18.2 Å². The zero-order chi connectivity index (χ0) is 19.9. The largest absolute Gasteiger partial charge is 0.339 e. The molecule has 28 heavy (non-hydrogen) atoms. The summed E-state index contributed by atoms with van der Waals surface area (Å²) in [6.45, 7) is 4.31. The van der Waals surface area contributed by atoms with Crippen molar-refractivity contribution in [2.75, 3.05) is 10.2 Å². The molecule has 0 atom stereocenters. The Hall–Kier alpha value is -3.04. The lowest BCUT2D eigenvalue weighted by Crippen LogP contribution is -2.25. The summed E-state index contributed by atoms with van der Waals surface area (Å²) < 4.78 is 0. The lowest BCUT2D eigenvalue weighted by Gasteiger charge is -2.29. The highest BCUT2D eigenvalue weighted by Gasteiger charge is 2.12. The summed E-state index contributed by atoms with van der Waals surface area (Å²) in [6.07, 6.45) is 3.28. The van der Waals surface area contributed by atoms with Crippen molar-refractivity contribution < 1.29 is 4.79 Å². The standard InChI is InChI=1S/C24H23ClN2O/c1-18(2)27(22-6-4-3-5-7-22)23-15-13-21(14-16-23)26-24(28)17-10-19-8-11-20(25)12-9-19/h3-18H,1-2H3,(H,26,28). The summed E-state index contributed by atoms with van der Waals surface area (Å²) in [6, 6.07) is 25.8. The van der Waals surface area contributed by atoms with Crippen molar-refractivity contribution in [2.24, 2.45) is 0 Å². The third-order valence-electron chi connectivity index (χ3n) is 4.26. The number of benzene rings is 3. The molecule has 142 valence electrons. The Morgan fingerprint density at radius 3 is 2.11 bits per heavy atom. The Balaban J connectivity index is 1.68. The first-order valence-corrected chi connectivity index (χ1v) is 9.60. The molecule has 0 unspecified atom stereocenters. The number of anilines is 3. The van der Waals surface area contributed by atoms with E-state index in [4.69, 9.17) is 11.6 Å². The van der Waals surface area contributed by atoms with E-state index in [-0.39, 0.29) is 5.91 Å². The maximum Gasteiger partial charge on any atom is 0.248 e. The third-order valence-corrected chi connectivity index (χ3v) is 4.51.